The van der Waals surface area contributed by atoms with Gasteiger partial charge in [-0.05, 0) is 36.1 Å². The summed E-state index contributed by atoms with van der Waals surface area (Å²) in [7, 11) is 0. The number of halogens is 1. The summed E-state index contributed by atoms with van der Waals surface area (Å²) in [6.07, 6.45) is 2.00. The second-order valence-electron chi connectivity index (χ2n) is 5.23. The average molecular weight is 302 g/mol. The SMILES string of the molecule is O=C(O)c1cccc(Cl)c1N1CCCc2ccccc2C1. The zero-order valence-corrected chi connectivity index (χ0v) is 12.3. The van der Waals surface area contributed by atoms with Gasteiger partial charge in [0.2, 0.25) is 0 Å². The van der Waals surface area contributed by atoms with Gasteiger partial charge in [-0.25, -0.2) is 4.79 Å². The minimum Gasteiger partial charge on any atom is -0.478 e. The number of benzene rings is 2. The fourth-order valence-corrected chi connectivity index (χ4v) is 3.19. The molecule has 1 aliphatic heterocycles. The number of hydrogen-bond donors (Lipinski definition) is 1. The fraction of sp³-hybridized carbons (Fsp3) is 0.235. The Morgan fingerprint density at radius 1 is 1.10 bits per heavy atom. The summed E-state index contributed by atoms with van der Waals surface area (Å²) in [6.45, 7) is 1.50. The van der Waals surface area contributed by atoms with E-state index in [1.54, 1.807) is 18.2 Å². The number of carboxylic acid groups (broad SMARTS) is 1. The third-order valence-electron chi connectivity index (χ3n) is 3.89. The number of hydrogen-bond acceptors (Lipinski definition) is 2. The standard InChI is InChI=1S/C17H16ClNO2/c18-15-9-3-8-14(17(20)21)16(15)19-10-4-7-12-5-1-2-6-13(12)11-19/h1-3,5-6,8-9H,4,7,10-11H2,(H,20,21). The molecule has 1 heterocycles. The van der Waals surface area contributed by atoms with Crippen LogP contribution < -0.4 is 4.90 Å². The van der Waals surface area contributed by atoms with Crippen molar-refractivity contribution in [2.24, 2.45) is 0 Å². The van der Waals surface area contributed by atoms with E-state index in [1.807, 2.05) is 12.1 Å². The highest BCUT2D eigenvalue weighted by Gasteiger charge is 2.21. The van der Waals surface area contributed by atoms with Crippen LogP contribution in [0.3, 0.4) is 0 Å². The van der Waals surface area contributed by atoms with Crippen LogP contribution >= 0.6 is 11.6 Å². The molecule has 0 unspecified atom stereocenters. The van der Waals surface area contributed by atoms with Gasteiger partial charge in [-0.1, -0.05) is 41.9 Å². The van der Waals surface area contributed by atoms with Crippen molar-refractivity contribution in [3.63, 3.8) is 0 Å². The molecule has 108 valence electrons. The molecule has 4 heteroatoms. The second kappa shape index (κ2) is 5.78. The summed E-state index contributed by atoms with van der Waals surface area (Å²) in [6, 6.07) is 13.4. The molecule has 0 saturated carbocycles. The smallest absolute Gasteiger partial charge is 0.337 e. The molecule has 21 heavy (non-hydrogen) atoms. The molecule has 0 aromatic heterocycles. The second-order valence-corrected chi connectivity index (χ2v) is 5.64. The minimum absolute atomic E-state index is 0.266. The number of nitrogens with zero attached hydrogens (tertiary/aromatic N) is 1. The van der Waals surface area contributed by atoms with Crippen LogP contribution in [0.2, 0.25) is 5.02 Å². The van der Waals surface area contributed by atoms with Gasteiger partial charge in [-0.2, -0.15) is 0 Å². The van der Waals surface area contributed by atoms with Gasteiger partial charge in [-0.3, -0.25) is 0 Å². The molecule has 0 spiro atoms. The van der Waals surface area contributed by atoms with Crippen LogP contribution in [0.15, 0.2) is 42.5 Å². The third-order valence-corrected chi connectivity index (χ3v) is 4.19. The van der Waals surface area contributed by atoms with E-state index in [-0.39, 0.29) is 5.56 Å². The summed E-state index contributed by atoms with van der Waals surface area (Å²) >= 11 is 6.28. The normalized spacial score (nSPS) is 14.4. The third kappa shape index (κ3) is 2.74. The lowest BCUT2D eigenvalue weighted by Crippen LogP contribution is -2.25. The number of para-hydroxylation sites is 1. The first-order valence-corrected chi connectivity index (χ1v) is 7.38. The van der Waals surface area contributed by atoms with E-state index in [0.717, 1.165) is 19.4 Å². The number of rotatable bonds is 2. The topological polar surface area (TPSA) is 40.5 Å². The lowest BCUT2D eigenvalue weighted by Gasteiger charge is -2.26. The van der Waals surface area contributed by atoms with Gasteiger partial charge in [-0.15, -0.1) is 0 Å². The van der Waals surface area contributed by atoms with Gasteiger partial charge in [0, 0.05) is 13.1 Å². The summed E-state index contributed by atoms with van der Waals surface area (Å²) in [4.78, 5) is 13.5. The molecule has 3 nitrogen and oxygen atoms in total. The summed E-state index contributed by atoms with van der Waals surface area (Å²) in [5, 5.41) is 9.90. The van der Waals surface area contributed by atoms with Crippen molar-refractivity contribution in [1.82, 2.24) is 0 Å². The Morgan fingerprint density at radius 2 is 1.86 bits per heavy atom. The number of anilines is 1. The Balaban J connectivity index is 2.04. The molecule has 1 N–H and O–H groups in total. The minimum atomic E-state index is -0.940. The van der Waals surface area contributed by atoms with Gasteiger partial charge >= 0.3 is 5.97 Å². The number of carboxylic acids is 1. The molecule has 0 atom stereocenters. The molecule has 0 bridgehead atoms. The van der Waals surface area contributed by atoms with Crippen LogP contribution in [-0.2, 0) is 13.0 Å². The first-order valence-electron chi connectivity index (χ1n) is 7.00. The Morgan fingerprint density at radius 3 is 2.62 bits per heavy atom. The van der Waals surface area contributed by atoms with E-state index in [0.29, 0.717) is 17.3 Å². The maximum absolute atomic E-state index is 11.5. The molecule has 0 fully saturated rings. The Hall–Kier alpha value is -2.00. The highest BCUT2D eigenvalue weighted by Crippen LogP contribution is 2.33. The summed E-state index contributed by atoms with van der Waals surface area (Å²) in [5.74, 6) is -0.940. The molecular weight excluding hydrogens is 286 g/mol. The average Bonchev–Trinajstić information content (AvgIpc) is 2.68. The van der Waals surface area contributed by atoms with Crippen LogP contribution in [0, 0.1) is 0 Å². The fourth-order valence-electron chi connectivity index (χ4n) is 2.90. The summed E-state index contributed by atoms with van der Waals surface area (Å²) in [5.41, 5.74) is 3.47. The van der Waals surface area contributed by atoms with Gasteiger partial charge in [0.05, 0.1) is 16.3 Å². The molecule has 0 saturated heterocycles. The van der Waals surface area contributed by atoms with Crippen molar-refractivity contribution >= 4 is 23.3 Å². The number of fused-ring (bicyclic) bond motifs is 1. The van der Waals surface area contributed by atoms with Gasteiger partial charge in [0.15, 0.2) is 0 Å². The number of carbonyl (C=O) groups is 1. The molecule has 0 radical (unpaired) electrons. The lowest BCUT2D eigenvalue weighted by molar-refractivity contribution is 0.0697. The van der Waals surface area contributed by atoms with Crippen LogP contribution in [0.5, 0.6) is 0 Å². The van der Waals surface area contributed by atoms with Gasteiger partial charge < -0.3 is 10.0 Å². The monoisotopic (exact) mass is 301 g/mol. The predicted molar refractivity (Wildman–Crippen MR) is 84.2 cm³/mol. The highest BCUT2D eigenvalue weighted by molar-refractivity contribution is 6.34. The van der Waals surface area contributed by atoms with Crippen LogP contribution in [0.1, 0.15) is 27.9 Å². The zero-order chi connectivity index (χ0) is 14.8. The molecule has 0 aliphatic carbocycles. The Labute approximate surface area is 128 Å². The lowest BCUT2D eigenvalue weighted by atomic mass is 10.0. The van der Waals surface area contributed by atoms with Crippen molar-refractivity contribution in [3.8, 4) is 0 Å². The van der Waals surface area contributed by atoms with Crippen molar-refractivity contribution in [3.05, 3.63) is 64.2 Å². The maximum Gasteiger partial charge on any atom is 0.337 e. The molecular formula is C17H16ClNO2. The number of aromatic carboxylic acids is 1. The molecule has 0 amide bonds. The largest absolute Gasteiger partial charge is 0.478 e. The van der Waals surface area contributed by atoms with Gasteiger partial charge in [0.25, 0.3) is 0 Å². The Kier molecular flexibility index (Phi) is 3.84. The first kappa shape index (κ1) is 14.0. The first-order chi connectivity index (χ1) is 10.2. The van der Waals surface area contributed by atoms with Crippen molar-refractivity contribution in [2.45, 2.75) is 19.4 Å². The zero-order valence-electron chi connectivity index (χ0n) is 11.6. The quantitative estimate of drug-likeness (QED) is 0.911. The van der Waals surface area contributed by atoms with Crippen LogP contribution in [-0.4, -0.2) is 17.6 Å². The number of aryl methyl sites for hydroxylation is 1. The highest BCUT2D eigenvalue weighted by atomic mass is 35.5. The Bertz CT molecular complexity index is 684. The van der Waals surface area contributed by atoms with Crippen molar-refractivity contribution in [1.29, 1.82) is 0 Å². The van der Waals surface area contributed by atoms with E-state index in [1.165, 1.54) is 11.1 Å². The summed E-state index contributed by atoms with van der Waals surface area (Å²) < 4.78 is 0. The molecule has 3 rings (SSSR count). The molecule has 2 aromatic carbocycles. The maximum atomic E-state index is 11.5. The van der Waals surface area contributed by atoms with E-state index in [9.17, 15) is 9.90 Å². The van der Waals surface area contributed by atoms with E-state index in [2.05, 4.69) is 17.0 Å². The predicted octanol–water partition coefficient (Wildman–Crippen LogP) is 3.99. The van der Waals surface area contributed by atoms with E-state index < -0.39 is 5.97 Å². The van der Waals surface area contributed by atoms with Gasteiger partial charge in [0.1, 0.15) is 0 Å². The van der Waals surface area contributed by atoms with Crippen LogP contribution in [0.4, 0.5) is 5.69 Å². The molecule has 1 aliphatic rings. The van der Waals surface area contributed by atoms with Crippen molar-refractivity contribution in [2.75, 3.05) is 11.4 Å². The van der Waals surface area contributed by atoms with E-state index in [4.69, 9.17) is 11.6 Å². The molecule has 2 aromatic rings. The van der Waals surface area contributed by atoms with Crippen LogP contribution in [0.25, 0.3) is 0 Å². The van der Waals surface area contributed by atoms with E-state index >= 15 is 0 Å². The van der Waals surface area contributed by atoms with Crippen molar-refractivity contribution < 1.29 is 9.90 Å².